The number of para-hydroxylation sites is 2. The third kappa shape index (κ3) is 2.59. The number of benzene rings is 2. The summed E-state index contributed by atoms with van der Waals surface area (Å²) in [6.45, 7) is 6.05. The van der Waals surface area contributed by atoms with Crippen LogP contribution in [-0.2, 0) is 14.3 Å². The minimum absolute atomic E-state index is 0.000863. The molecule has 6 rings (SSSR count). The molecule has 3 aliphatic rings. The molecule has 1 saturated carbocycles. The predicted octanol–water partition coefficient (Wildman–Crippen LogP) is 3.98. The van der Waals surface area contributed by atoms with Crippen molar-refractivity contribution in [2.24, 2.45) is 11.8 Å². The molecule has 156 valence electrons. The number of carbonyl (C=O) groups is 2. The molecule has 3 heterocycles. The first-order chi connectivity index (χ1) is 14.9. The number of ketones is 2. The lowest BCUT2D eigenvalue weighted by Crippen LogP contribution is -2.34. The molecule has 3 fully saturated rings. The number of fused-ring (bicyclic) bond motifs is 6. The molecule has 2 bridgehead atoms. The van der Waals surface area contributed by atoms with Crippen LogP contribution in [0.5, 0.6) is 0 Å². The first kappa shape index (κ1) is 18.8. The van der Waals surface area contributed by atoms with Gasteiger partial charge < -0.3 is 4.74 Å². The molecule has 2 aliphatic heterocycles. The Labute approximate surface area is 180 Å². The van der Waals surface area contributed by atoms with E-state index >= 15 is 0 Å². The summed E-state index contributed by atoms with van der Waals surface area (Å²) in [7, 11) is 0. The molecule has 5 nitrogen and oxygen atoms in total. The summed E-state index contributed by atoms with van der Waals surface area (Å²) in [5.41, 5.74) is 6.65. The van der Waals surface area contributed by atoms with E-state index in [1.807, 2.05) is 45.0 Å². The molecule has 1 unspecified atom stereocenters. The fourth-order valence-electron chi connectivity index (χ4n) is 6.33. The average molecular weight is 412 g/mol. The molecular weight excluding hydrogens is 388 g/mol. The molecule has 3 aromatic rings. The number of hydrogen-bond acceptors (Lipinski definition) is 5. The molecular formula is C26H24N2O3. The van der Waals surface area contributed by atoms with Gasteiger partial charge in [0.25, 0.3) is 0 Å². The Morgan fingerprint density at radius 1 is 0.935 bits per heavy atom. The van der Waals surface area contributed by atoms with Gasteiger partial charge in [-0.15, -0.1) is 0 Å². The summed E-state index contributed by atoms with van der Waals surface area (Å²) in [6.07, 6.45) is 2.02. The van der Waals surface area contributed by atoms with E-state index < -0.39 is 5.92 Å². The first-order valence-electron chi connectivity index (χ1n) is 11.0. The van der Waals surface area contributed by atoms with Crippen molar-refractivity contribution in [2.45, 2.75) is 51.2 Å². The lowest BCUT2D eigenvalue weighted by molar-refractivity contribution is -0.127. The molecule has 0 spiro atoms. The monoisotopic (exact) mass is 412 g/mol. The number of aromatic nitrogens is 2. The zero-order valence-corrected chi connectivity index (χ0v) is 17.8. The van der Waals surface area contributed by atoms with Crippen molar-refractivity contribution in [3.8, 4) is 0 Å². The fourth-order valence-corrected chi connectivity index (χ4v) is 6.33. The van der Waals surface area contributed by atoms with Crippen LogP contribution in [0.4, 0.5) is 0 Å². The number of ether oxygens (including phenoxy) is 1. The van der Waals surface area contributed by atoms with Crippen LogP contribution in [0.15, 0.2) is 42.6 Å². The standard InChI is InChI=1S/C26H24N2O3/c1-12-8-13(2)20(14(3)9-12)22-24(29)21-19-10-15(26(31-19)23(21)25(22)30)18-11-27-16-6-4-5-7-17(16)28-18/h4-9,11,15,19,21-23,26H,10H2,1-3H3/t15-,19-,21-,22?,23+,26+/m0/s1. The number of Topliss-reactive ketones (excluding diaryl/α,β-unsaturated/α-hetero) is 2. The maximum Gasteiger partial charge on any atom is 0.154 e. The fraction of sp³-hybridized carbons (Fsp3) is 0.385. The van der Waals surface area contributed by atoms with Gasteiger partial charge in [0.1, 0.15) is 5.92 Å². The quantitative estimate of drug-likeness (QED) is 0.596. The topological polar surface area (TPSA) is 69.2 Å². The van der Waals surface area contributed by atoms with Crippen LogP contribution < -0.4 is 0 Å². The Morgan fingerprint density at radius 3 is 2.35 bits per heavy atom. The van der Waals surface area contributed by atoms with Crippen molar-refractivity contribution in [2.75, 3.05) is 0 Å². The molecule has 6 atom stereocenters. The van der Waals surface area contributed by atoms with Gasteiger partial charge in [0, 0.05) is 12.1 Å². The zero-order chi connectivity index (χ0) is 21.4. The summed E-state index contributed by atoms with van der Waals surface area (Å²) in [6, 6.07) is 11.9. The molecule has 0 radical (unpaired) electrons. The molecule has 1 aromatic heterocycles. The number of aryl methyl sites for hydroxylation is 3. The van der Waals surface area contributed by atoms with Gasteiger partial charge in [0.15, 0.2) is 11.6 Å². The van der Waals surface area contributed by atoms with E-state index in [4.69, 9.17) is 9.72 Å². The number of nitrogens with zero attached hydrogens (tertiary/aromatic N) is 2. The van der Waals surface area contributed by atoms with Gasteiger partial charge >= 0.3 is 0 Å². The van der Waals surface area contributed by atoms with Crippen LogP contribution in [0.2, 0.25) is 0 Å². The largest absolute Gasteiger partial charge is 0.373 e. The molecule has 2 saturated heterocycles. The Bertz CT molecular complexity index is 1240. The highest BCUT2D eigenvalue weighted by Crippen LogP contribution is 2.57. The van der Waals surface area contributed by atoms with E-state index in [1.165, 1.54) is 0 Å². The van der Waals surface area contributed by atoms with Gasteiger partial charge in [-0.1, -0.05) is 29.8 Å². The molecule has 1 aliphatic carbocycles. The normalized spacial score (nSPS) is 31.6. The highest BCUT2D eigenvalue weighted by Gasteiger charge is 2.66. The third-order valence-electron chi connectivity index (χ3n) is 7.46. The van der Waals surface area contributed by atoms with Crippen LogP contribution in [0.1, 0.15) is 46.2 Å². The minimum Gasteiger partial charge on any atom is -0.373 e. The summed E-state index contributed by atoms with van der Waals surface area (Å²) in [5, 5.41) is 0. The van der Waals surface area contributed by atoms with Crippen LogP contribution in [-0.4, -0.2) is 33.7 Å². The van der Waals surface area contributed by atoms with Crippen LogP contribution in [0, 0.1) is 32.6 Å². The zero-order valence-electron chi connectivity index (χ0n) is 17.8. The van der Waals surface area contributed by atoms with Crippen LogP contribution >= 0.6 is 0 Å². The van der Waals surface area contributed by atoms with Crippen molar-refractivity contribution < 1.29 is 14.3 Å². The molecule has 5 heteroatoms. The molecule has 31 heavy (non-hydrogen) atoms. The average Bonchev–Trinajstić information content (AvgIpc) is 3.40. The Hall–Kier alpha value is -2.92. The first-order valence-corrected chi connectivity index (χ1v) is 11.0. The number of carbonyl (C=O) groups excluding carboxylic acids is 2. The van der Waals surface area contributed by atoms with Gasteiger partial charge in [-0.25, -0.2) is 4.98 Å². The van der Waals surface area contributed by atoms with Crippen LogP contribution in [0.3, 0.4) is 0 Å². The van der Waals surface area contributed by atoms with E-state index in [0.717, 1.165) is 45.4 Å². The smallest absolute Gasteiger partial charge is 0.154 e. The molecule has 0 amide bonds. The van der Waals surface area contributed by atoms with Crippen molar-refractivity contribution >= 4 is 22.6 Å². The van der Waals surface area contributed by atoms with Crippen molar-refractivity contribution in [3.63, 3.8) is 0 Å². The van der Waals surface area contributed by atoms with E-state index in [0.29, 0.717) is 0 Å². The predicted molar refractivity (Wildman–Crippen MR) is 116 cm³/mol. The maximum atomic E-state index is 13.6. The summed E-state index contributed by atoms with van der Waals surface area (Å²) in [5.74, 6) is -1.30. The number of rotatable bonds is 2. The van der Waals surface area contributed by atoms with Crippen molar-refractivity contribution in [1.29, 1.82) is 0 Å². The third-order valence-corrected chi connectivity index (χ3v) is 7.46. The van der Waals surface area contributed by atoms with Gasteiger partial charge in [-0.2, -0.15) is 0 Å². The van der Waals surface area contributed by atoms with Crippen LogP contribution in [0.25, 0.3) is 11.0 Å². The minimum atomic E-state index is -0.661. The highest BCUT2D eigenvalue weighted by molar-refractivity contribution is 6.17. The van der Waals surface area contributed by atoms with E-state index in [1.54, 1.807) is 6.20 Å². The van der Waals surface area contributed by atoms with Gasteiger partial charge in [-0.05, 0) is 56.0 Å². The Morgan fingerprint density at radius 2 is 1.61 bits per heavy atom. The Kier molecular flexibility index (Phi) is 3.97. The van der Waals surface area contributed by atoms with Crippen molar-refractivity contribution in [3.05, 3.63) is 70.5 Å². The second-order valence-electron chi connectivity index (χ2n) is 9.37. The lowest BCUT2D eigenvalue weighted by atomic mass is 9.74. The van der Waals surface area contributed by atoms with Gasteiger partial charge in [0.2, 0.25) is 0 Å². The number of hydrogen-bond donors (Lipinski definition) is 0. The van der Waals surface area contributed by atoms with E-state index in [-0.39, 0.29) is 41.5 Å². The van der Waals surface area contributed by atoms with Gasteiger partial charge in [0.05, 0.1) is 40.8 Å². The van der Waals surface area contributed by atoms with Gasteiger partial charge in [-0.3, -0.25) is 14.6 Å². The molecule has 0 N–H and O–H groups in total. The SMILES string of the molecule is Cc1cc(C)c(C2C(=O)[C@@H]3[C@@H]4O[C@@H](C[C@H]4c4cnc5ccccc5n4)[C@@H]3C2=O)c(C)c1. The van der Waals surface area contributed by atoms with Crippen molar-refractivity contribution in [1.82, 2.24) is 9.97 Å². The second kappa shape index (κ2) is 6.54. The summed E-state index contributed by atoms with van der Waals surface area (Å²) >= 11 is 0. The summed E-state index contributed by atoms with van der Waals surface area (Å²) in [4.78, 5) is 36.5. The lowest BCUT2D eigenvalue weighted by Gasteiger charge is -2.25. The summed E-state index contributed by atoms with van der Waals surface area (Å²) < 4.78 is 6.21. The molecule has 2 aromatic carbocycles. The maximum absolute atomic E-state index is 13.6. The van der Waals surface area contributed by atoms with E-state index in [2.05, 4.69) is 17.1 Å². The highest BCUT2D eigenvalue weighted by atomic mass is 16.5. The van der Waals surface area contributed by atoms with E-state index in [9.17, 15) is 9.59 Å². The second-order valence-corrected chi connectivity index (χ2v) is 9.37. The Balaban J connectivity index is 1.37.